The van der Waals surface area contributed by atoms with Crippen molar-refractivity contribution in [3.8, 4) is 0 Å². The summed E-state index contributed by atoms with van der Waals surface area (Å²) in [7, 11) is -3.89. The number of carbonyl (C=O) groups is 1. The van der Waals surface area contributed by atoms with Crippen LogP contribution < -0.4 is 4.72 Å². The molecule has 0 saturated heterocycles. The van der Waals surface area contributed by atoms with Crippen LogP contribution >= 0.6 is 15.9 Å². The van der Waals surface area contributed by atoms with Crippen molar-refractivity contribution in [2.45, 2.75) is 12.0 Å². The number of fused-ring (bicyclic) bond motifs is 1. The number of hydrogen-bond acceptors (Lipinski definition) is 5. The Balaban J connectivity index is 2.23. The molecule has 8 heteroatoms. The number of benzene rings is 1. The lowest BCUT2D eigenvalue weighted by atomic mass is 10.3. The Kier molecular flexibility index (Phi) is 4.46. The maximum Gasteiger partial charge on any atom is 0.321 e. The van der Waals surface area contributed by atoms with Crippen LogP contribution in [0.15, 0.2) is 38.2 Å². The van der Waals surface area contributed by atoms with Gasteiger partial charge in [0.1, 0.15) is 12.1 Å². The van der Waals surface area contributed by atoms with E-state index in [-0.39, 0.29) is 11.7 Å². The highest BCUT2D eigenvalue weighted by molar-refractivity contribution is 9.10. The molecule has 1 N–H and O–H groups in total. The quantitative estimate of drug-likeness (QED) is 0.823. The van der Waals surface area contributed by atoms with Crippen LogP contribution in [0.1, 0.15) is 6.92 Å². The maximum absolute atomic E-state index is 12.0. The standard InChI is InChI=1S/C12H12BrNO5S/c1-2-18-11(15)7-14-20(16,17)12-6-8-9(13)4-3-5-10(8)19-12/h3-6,14H,2,7H2,1H3. The van der Waals surface area contributed by atoms with Crippen molar-refractivity contribution >= 4 is 42.9 Å². The molecule has 6 nitrogen and oxygen atoms in total. The van der Waals surface area contributed by atoms with Crippen LogP contribution in [0.25, 0.3) is 11.0 Å². The van der Waals surface area contributed by atoms with Crippen molar-refractivity contribution in [2.75, 3.05) is 13.2 Å². The molecule has 0 unspecified atom stereocenters. The number of nitrogens with one attached hydrogen (secondary N) is 1. The van der Waals surface area contributed by atoms with E-state index in [1.807, 2.05) is 0 Å². The Morgan fingerprint density at radius 3 is 2.85 bits per heavy atom. The largest absolute Gasteiger partial charge is 0.465 e. The summed E-state index contributed by atoms with van der Waals surface area (Å²) in [5, 5.41) is 0.396. The molecule has 1 aromatic heterocycles. The molecule has 0 amide bonds. The van der Waals surface area contributed by atoms with E-state index in [1.165, 1.54) is 6.07 Å². The fourth-order valence-electron chi connectivity index (χ4n) is 1.57. The van der Waals surface area contributed by atoms with Gasteiger partial charge >= 0.3 is 5.97 Å². The Labute approximate surface area is 124 Å². The summed E-state index contributed by atoms with van der Waals surface area (Å²) in [5.41, 5.74) is 0.441. The van der Waals surface area contributed by atoms with Gasteiger partial charge < -0.3 is 9.15 Å². The monoisotopic (exact) mass is 361 g/mol. The van der Waals surface area contributed by atoms with Crippen LogP contribution in [0.4, 0.5) is 0 Å². The van der Waals surface area contributed by atoms with E-state index in [0.717, 1.165) is 4.47 Å². The highest BCUT2D eigenvalue weighted by Crippen LogP contribution is 2.28. The summed E-state index contributed by atoms with van der Waals surface area (Å²) >= 11 is 3.31. The van der Waals surface area contributed by atoms with E-state index >= 15 is 0 Å². The van der Waals surface area contributed by atoms with Crippen molar-refractivity contribution in [3.63, 3.8) is 0 Å². The van der Waals surface area contributed by atoms with Gasteiger partial charge in [0.25, 0.3) is 10.0 Å². The Morgan fingerprint density at radius 1 is 1.45 bits per heavy atom. The van der Waals surface area contributed by atoms with E-state index < -0.39 is 22.5 Å². The van der Waals surface area contributed by atoms with E-state index in [1.54, 1.807) is 25.1 Å². The molecule has 0 spiro atoms. The Morgan fingerprint density at radius 2 is 2.20 bits per heavy atom. The van der Waals surface area contributed by atoms with Gasteiger partial charge in [-0.2, -0.15) is 4.72 Å². The fourth-order valence-corrected chi connectivity index (χ4v) is 2.96. The zero-order chi connectivity index (χ0) is 14.8. The average molecular weight is 362 g/mol. The summed E-state index contributed by atoms with van der Waals surface area (Å²) in [4.78, 5) is 11.2. The Hall–Kier alpha value is -1.38. The summed E-state index contributed by atoms with van der Waals surface area (Å²) in [5.74, 6) is -0.645. The highest BCUT2D eigenvalue weighted by atomic mass is 79.9. The predicted molar refractivity (Wildman–Crippen MR) is 75.7 cm³/mol. The van der Waals surface area contributed by atoms with Gasteiger partial charge in [-0.25, -0.2) is 8.42 Å². The molecule has 0 aliphatic rings. The molecule has 2 rings (SSSR count). The molecule has 0 aliphatic heterocycles. The van der Waals surface area contributed by atoms with Crippen LogP contribution in [0, 0.1) is 0 Å². The predicted octanol–water partition coefficient (Wildman–Crippen LogP) is 2.04. The molecular weight excluding hydrogens is 350 g/mol. The third-order valence-electron chi connectivity index (χ3n) is 2.46. The minimum atomic E-state index is -3.89. The van der Waals surface area contributed by atoms with Gasteiger partial charge in [-0.1, -0.05) is 22.0 Å². The molecule has 0 fully saturated rings. The topological polar surface area (TPSA) is 85.6 Å². The first-order valence-electron chi connectivity index (χ1n) is 5.77. The third-order valence-corrected chi connectivity index (χ3v) is 4.41. The number of esters is 1. The zero-order valence-corrected chi connectivity index (χ0v) is 13.0. The second-order valence-corrected chi connectivity index (χ2v) is 6.40. The average Bonchev–Trinajstić information content (AvgIpc) is 2.83. The minimum Gasteiger partial charge on any atom is -0.465 e. The van der Waals surface area contributed by atoms with Crippen molar-refractivity contribution in [3.05, 3.63) is 28.7 Å². The van der Waals surface area contributed by atoms with E-state index in [4.69, 9.17) is 4.42 Å². The molecule has 20 heavy (non-hydrogen) atoms. The summed E-state index contributed by atoms with van der Waals surface area (Å²) in [6, 6.07) is 6.57. The van der Waals surface area contributed by atoms with E-state index in [2.05, 4.69) is 25.4 Å². The van der Waals surface area contributed by atoms with Crippen LogP contribution in [-0.2, 0) is 19.6 Å². The van der Waals surface area contributed by atoms with Crippen molar-refractivity contribution in [2.24, 2.45) is 0 Å². The molecule has 1 heterocycles. The molecule has 108 valence electrons. The summed E-state index contributed by atoms with van der Waals surface area (Å²) in [6.45, 7) is 1.40. The number of furan rings is 1. The second-order valence-electron chi connectivity index (χ2n) is 3.85. The van der Waals surface area contributed by atoms with Crippen LogP contribution in [0.2, 0.25) is 0 Å². The molecule has 1 aromatic carbocycles. The molecule has 0 radical (unpaired) electrons. The number of carbonyl (C=O) groups excluding carboxylic acids is 1. The molecule has 0 atom stereocenters. The lowest BCUT2D eigenvalue weighted by Gasteiger charge is -2.03. The molecular formula is C12H12BrNO5S. The third kappa shape index (κ3) is 3.20. The van der Waals surface area contributed by atoms with Crippen LogP contribution in [0.3, 0.4) is 0 Å². The van der Waals surface area contributed by atoms with Crippen molar-refractivity contribution < 1.29 is 22.4 Å². The zero-order valence-electron chi connectivity index (χ0n) is 10.6. The van der Waals surface area contributed by atoms with Gasteiger partial charge in [-0.05, 0) is 19.1 Å². The Bertz CT molecular complexity index is 737. The lowest BCUT2D eigenvalue weighted by molar-refractivity contribution is -0.141. The van der Waals surface area contributed by atoms with Gasteiger partial charge in [0.2, 0.25) is 5.09 Å². The van der Waals surface area contributed by atoms with Gasteiger partial charge in [0, 0.05) is 15.9 Å². The summed E-state index contributed by atoms with van der Waals surface area (Å²) < 4.78 is 36.8. The van der Waals surface area contributed by atoms with Crippen molar-refractivity contribution in [1.82, 2.24) is 4.72 Å². The maximum atomic E-state index is 12.0. The number of ether oxygens (including phenoxy) is 1. The van der Waals surface area contributed by atoms with Crippen molar-refractivity contribution in [1.29, 1.82) is 0 Å². The summed E-state index contributed by atoms with van der Waals surface area (Å²) in [6.07, 6.45) is 0. The molecule has 0 aliphatic carbocycles. The number of rotatable bonds is 5. The van der Waals surface area contributed by atoms with Gasteiger partial charge in [-0.15, -0.1) is 0 Å². The highest BCUT2D eigenvalue weighted by Gasteiger charge is 2.21. The molecule has 0 saturated carbocycles. The SMILES string of the molecule is CCOC(=O)CNS(=O)(=O)c1cc2c(Br)cccc2o1. The second kappa shape index (κ2) is 5.94. The van der Waals surface area contributed by atoms with Gasteiger partial charge in [0.15, 0.2) is 0 Å². The van der Waals surface area contributed by atoms with Crippen LogP contribution in [-0.4, -0.2) is 27.5 Å². The minimum absolute atomic E-state index is 0.193. The van der Waals surface area contributed by atoms with E-state index in [0.29, 0.717) is 11.0 Å². The first-order chi connectivity index (χ1) is 9.44. The van der Waals surface area contributed by atoms with Gasteiger partial charge in [0.05, 0.1) is 6.61 Å². The smallest absolute Gasteiger partial charge is 0.321 e. The first-order valence-corrected chi connectivity index (χ1v) is 8.05. The number of sulfonamides is 1. The molecule has 2 aromatic rings. The lowest BCUT2D eigenvalue weighted by Crippen LogP contribution is -2.30. The molecule has 0 bridgehead atoms. The fraction of sp³-hybridized carbons (Fsp3) is 0.250. The normalized spacial score (nSPS) is 11.7. The number of halogens is 1. The van der Waals surface area contributed by atoms with Gasteiger partial charge in [-0.3, -0.25) is 4.79 Å². The van der Waals surface area contributed by atoms with Crippen LogP contribution in [0.5, 0.6) is 0 Å². The first kappa shape index (κ1) is 15.0. The number of hydrogen-bond donors (Lipinski definition) is 1. The van der Waals surface area contributed by atoms with E-state index in [9.17, 15) is 13.2 Å².